The first kappa shape index (κ1) is 14.7. The predicted molar refractivity (Wildman–Crippen MR) is 75.6 cm³/mol. The van der Waals surface area contributed by atoms with Crippen molar-refractivity contribution in [3.8, 4) is 0 Å². The SMILES string of the molecule is CC1CN(C(=O)NC(C(=O)O)c2cnn(C)c2)CCS1. The van der Waals surface area contributed by atoms with E-state index in [-0.39, 0.29) is 6.03 Å². The van der Waals surface area contributed by atoms with E-state index in [1.807, 2.05) is 11.8 Å². The zero-order chi connectivity index (χ0) is 14.7. The molecule has 1 saturated heterocycles. The third-order valence-electron chi connectivity index (χ3n) is 3.10. The number of carbonyl (C=O) groups is 2. The second-order valence-corrected chi connectivity index (χ2v) is 6.34. The van der Waals surface area contributed by atoms with Crippen LogP contribution in [0.4, 0.5) is 4.79 Å². The summed E-state index contributed by atoms with van der Waals surface area (Å²) in [4.78, 5) is 25.1. The molecular weight excluding hydrogens is 280 g/mol. The smallest absolute Gasteiger partial charge is 0.331 e. The Morgan fingerprint density at radius 3 is 2.90 bits per heavy atom. The summed E-state index contributed by atoms with van der Waals surface area (Å²) in [6, 6.07) is -1.41. The third kappa shape index (κ3) is 3.44. The van der Waals surface area contributed by atoms with Crippen molar-refractivity contribution in [1.29, 1.82) is 0 Å². The molecule has 20 heavy (non-hydrogen) atoms. The number of nitrogens with one attached hydrogen (secondary N) is 1. The monoisotopic (exact) mass is 298 g/mol. The quantitative estimate of drug-likeness (QED) is 0.857. The molecule has 2 heterocycles. The second kappa shape index (κ2) is 6.17. The molecule has 0 spiro atoms. The fraction of sp³-hybridized carbons (Fsp3) is 0.583. The molecular formula is C12H18N4O3S. The Morgan fingerprint density at radius 2 is 2.35 bits per heavy atom. The maximum atomic E-state index is 12.2. The number of aromatic nitrogens is 2. The molecule has 2 unspecified atom stereocenters. The highest BCUT2D eigenvalue weighted by molar-refractivity contribution is 7.99. The van der Waals surface area contributed by atoms with Crippen molar-refractivity contribution >= 4 is 23.8 Å². The van der Waals surface area contributed by atoms with Gasteiger partial charge in [-0.2, -0.15) is 16.9 Å². The van der Waals surface area contributed by atoms with E-state index >= 15 is 0 Å². The van der Waals surface area contributed by atoms with Crippen molar-refractivity contribution in [1.82, 2.24) is 20.0 Å². The van der Waals surface area contributed by atoms with Gasteiger partial charge in [-0.1, -0.05) is 6.92 Å². The van der Waals surface area contributed by atoms with Crippen LogP contribution in [0.3, 0.4) is 0 Å². The maximum absolute atomic E-state index is 12.2. The summed E-state index contributed by atoms with van der Waals surface area (Å²) in [5.41, 5.74) is 0.466. The molecule has 2 amide bonds. The molecule has 1 aromatic rings. The van der Waals surface area contributed by atoms with Crippen LogP contribution in [0.2, 0.25) is 0 Å². The van der Waals surface area contributed by atoms with Gasteiger partial charge in [-0.15, -0.1) is 0 Å². The van der Waals surface area contributed by atoms with Crippen molar-refractivity contribution in [3.05, 3.63) is 18.0 Å². The maximum Gasteiger partial charge on any atom is 0.331 e. The molecule has 2 rings (SSSR count). The number of nitrogens with zero attached hydrogens (tertiary/aromatic N) is 3. The summed E-state index contributed by atoms with van der Waals surface area (Å²) in [7, 11) is 1.70. The van der Waals surface area contributed by atoms with E-state index in [4.69, 9.17) is 0 Å². The molecule has 0 aliphatic carbocycles. The number of hydrogen-bond acceptors (Lipinski definition) is 4. The van der Waals surface area contributed by atoms with Gasteiger partial charge in [0.1, 0.15) is 0 Å². The lowest BCUT2D eigenvalue weighted by Crippen LogP contribution is -2.48. The molecule has 7 nitrogen and oxygen atoms in total. The first-order chi connectivity index (χ1) is 9.47. The molecule has 2 atom stereocenters. The number of carbonyl (C=O) groups excluding carboxylic acids is 1. The van der Waals surface area contributed by atoms with Crippen LogP contribution >= 0.6 is 11.8 Å². The van der Waals surface area contributed by atoms with Gasteiger partial charge in [-0.05, 0) is 0 Å². The topological polar surface area (TPSA) is 87.5 Å². The average molecular weight is 298 g/mol. The molecule has 110 valence electrons. The molecule has 0 radical (unpaired) electrons. The van der Waals surface area contributed by atoms with Crippen LogP contribution in [-0.4, -0.2) is 55.9 Å². The van der Waals surface area contributed by atoms with Gasteiger partial charge in [0, 0.05) is 42.9 Å². The number of thioether (sulfide) groups is 1. The number of rotatable bonds is 3. The summed E-state index contributed by atoms with van der Waals surface area (Å²) in [6.07, 6.45) is 3.04. The summed E-state index contributed by atoms with van der Waals surface area (Å²) in [5, 5.41) is 16.1. The zero-order valence-electron chi connectivity index (χ0n) is 11.4. The van der Waals surface area contributed by atoms with Crippen LogP contribution in [0.5, 0.6) is 0 Å². The zero-order valence-corrected chi connectivity index (χ0v) is 12.3. The van der Waals surface area contributed by atoms with Gasteiger partial charge in [0.25, 0.3) is 0 Å². The largest absolute Gasteiger partial charge is 0.479 e. The first-order valence-corrected chi connectivity index (χ1v) is 7.40. The molecule has 1 aliphatic heterocycles. The summed E-state index contributed by atoms with van der Waals surface area (Å²) in [5.74, 6) is -0.218. The van der Waals surface area contributed by atoms with E-state index in [0.29, 0.717) is 23.9 Å². The number of carboxylic acids is 1. The lowest BCUT2D eigenvalue weighted by molar-refractivity contribution is -0.139. The highest BCUT2D eigenvalue weighted by Gasteiger charge is 2.28. The van der Waals surface area contributed by atoms with Gasteiger partial charge < -0.3 is 15.3 Å². The van der Waals surface area contributed by atoms with Gasteiger partial charge in [-0.25, -0.2) is 9.59 Å². The van der Waals surface area contributed by atoms with Gasteiger partial charge >= 0.3 is 12.0 Å². The fourth-order valence-corrected chi connectivity index (χ4v) is 3.11. The Bertz CT molecular complexity index is 505. The Hall–Kier alpha value is -1.70. The number of aryl methyl sites for hydroxylation is 1. The lowest BCUT2D eigenvalue weighted by Gasteiger charge is -2.31. The van der Waals surface area contributed by atoms with Crippen LogP contribution in [-0.2, 0) is 11.8 Å². The molecule has 0 aromatic carbocycles. The molecule has 2 N–H and O–H groups in total. The number of urea groups is 1. The van der Waals surface area contributed by atoms with Gasteiger partial charge in [0.05, 0.1) is 6.20 Å². The standard InChI is InChI=1S/C12H18N4O3S/c1-8-6-16(3-4-20-8)12(19)14-10(11(17)18)9-5-13-15(2)7-9/h5,7-8,10H,3-4,6H2,1-2H3,(H,14,19)(H,17,18). The van der Waals surface area contributed by atoms with Crippen LogP contribution in [0.25, 0.3) is 0 Å². The predicted octanol–water partition coefficient (Wildman–Crippen LogP) is 0.693. The number of amides is 2. The number of hydrogen-bond donors (Lipinski definition) is 2. The second-order valence-electron chi connectivity index (χ2n) is 4.80. The highest BCUT2D eigenvalue weighted by atomic mass is 32.2. The average Bonchev–Trinajstić information content (AvgIpc) is 2.81. The lowest BCUT2D eigenvalue weighted by atomic mass is 10.1. The van der Waals surface area contributed by atoms with Crippen LogP contribution in [0.15, 0.2) is 12.4 Å². The number of aliphatic carboxylic acids is 1. The Kier molecular flexibility index (Phi) is 4.53. The van der Waals surface area contributed by atoms with Crippen molar-refractivity contribution in [3.63, 3.8) is 0 Å². The molecule has 0 saturated carbocycles. The van der Waals surface area contributed by atoms with Gasteiger partial charge in [0.2, 0.25) is 0 Å². The minimum Gasteiger partial charge on any atom is -0.479 e. The summed E-state index contributed by atoms with van der Waals surface area (Å²) in [6.45, 7) is 3.33. The normalized spacial score (nSPS) is 20.5. The van der Waals surface area contributed by atoms with E-state index in [1.165, 1.54) is 10.9 Å². The third-order valence-corrected chi connectivity index (χ3v) is 4.24. The Labute approximate surface area is 121 Å². The molecule has 1 aliphatic rings. The van der Waals surface area contributed by atoms with Gasteiger partial charge in [-0.3, -0.25) is 4.68 Å². The van der Waals surface area contributed by atoms with E-state index in [9.17, 15) is 14.7 Å². The molecule has 0 bridgehead atoms. The number of carboxylic acid groups (broad SMARTS) is 1. The Balaban J connectivity index is 2.04. The van der Waals surface area contributed by atoms with Crippen molar-refractivity contribution in [2.24, 2.45) is 7.05 Å². The van der Waals surface area contributed by atoms with E-state index in [2.05, 4.69) is 17.3 Å². The minimum absolute atomic E-state index is 0.339. The van der Waals surface area contributed by atoms with Crippen molar-refractivity contribution in [2.75, 3.05) is 18.8 Å². The molecule has 1 aromatic heterocycles. The highest BCUT2D eigenvalue weighted by Crippen LogP contribution is 2.19. The summed E-state index contributed by atoms with van der Waals surface area (Å²) < 4.78 is 1.51. The van der Waals surface area contributed by atoms with Crippen LogP contribution in [0.1, 0.15) is 18.5 Å². The minimum atomic E-state index is -1.09. The Morgan fingerprint density at radius 1 is 1.60 bits per heavy atom. The van der Waals surface area contributed by atoms with Crippen LogP contribution in [0, 0.1) is 0 Å². The van der Waals surface area contributed by atoms with Crippen LogP contribution < -0.4 is 5.32 Å². The summed E-state index contributed by atoms with van der Waals surface area (Å²) >= 11 is 1.81. The van der Waals surface area contributed by atoms with E-state index in [0.717, 1.165) is 5.75 Å². The fourth-order valence-electron chi connectivity index (χ4n) is 2.09. The van der Waals surface area contributed by atoms with E-state index in [1.54, 1.807) is 18.1 Å². The molecule has 1 fully saturated rings. The van der Waals surface area contributed by atoms with E-state index < -0.39 is 12.0 Å². The van der Waals surface area contributed by atoms with Gasteiger partial charge in [0.15, 0.2) is 6.04 Å². The molecule has 8 heteroatoms. The first-order valence-electron chi connectivity index (χ1n) is 6.35. The van der Waals surface area contributed by atoms with Crippen molar-refractivity contribution < 1.29 is 14.7 Å². The van der Waals surface area contributed by atoms with Crippen molar-refractivity contribution in [2.45, 2.75) is 18.2 Å².